The molecule has 0 saturated heterocycles. The zero-order chi connectivity index (χ0) is 15.5. The molecule has 6 heteroatoms. The number of rotatable bonds is 3. The molecule has 2 aromatic rings. The van der Waals surface area contributed by atoms with E-state index in [0.717, 1.165) is 17.7 Å². The minimum absolute atomic E-state index is 0.0870. The van der Waals surface area contributed by atoms with Gasteiger partial charge in [0.2, 0.25) is 0 Å². The number of ether oxygens (including phenoxy) is 1. The third-order valence-electron chi connectivity index (χ3n) is 3.56. The number of carbonyl (C=O) groups is 2. The second-order valence-corrected chi connectivity index (χ2v) is 5.01. The average molecular weight is 297 g/mol. The summed E-state index contributed by atoms with van der Waals surface area (Å²) in [5.74, 6) is -0.886. The van der Waals surface area contributed by atoms with Gasteiger partial charge in [-0.2, -0.15) is 0 Å². The molecule has 6 nitrogen and oxygen atoms in total. The minimum atomic E-state index is -0.874. The Balaban J connectivity index is 1.70. The molecule has 0 bridgehead atoms. The molecular weight excluding hydrogens is 282 g/mol. The number of benzene rings is 1. The number of hydrogen-bond acceptors (Lipinski definition) is 5. The first kappa shape index (κ1) is 14.2. The van der Waals surface area contributed by atoms with E-state index in [2.05, 4.69) is 9.97 Å². The van der Waals surface area contributed by atoms with Crippen molar-refractivity contribution in [2.24, 2.45) is 0 Å². The average Bonchev–Trinajstić information content (AvgIpc) is 2.99. The predicted octanol–water partition coefficient (Wildman–Crippen LogP) is 1.61. The van der Waals surface area contributed by atoms with E-state index < -0.39 is 12.1 Å². The fourth-order valence-corrected chi connectivity index (χ4v) is 2.46. The van der Waals surface area contributed by atoms with Crippen LogP contribution >= 0.6 is 0 Å². The molecule has 1 aromatic carbocycles. The van der Waals surface area contributed by atoms with Gasteiger partial charge < -0.3 is 9.64 Å². The van der Waals surface area contributed by atoms with Crippen LogP contribution in [0.15, 0.2) is 42.9 Å². The first-order chi connectivity index (χ1) is 10.7. The quantitative estimate of drug-likeness (QED) is 0.805. The third-order valence-corrected chi connectivity index (χ3v) is 3.56. The lowest BCUT2D eigenvalue weighted by atomic mass is 10.2. The molecule has 0 radical (unpaired) electrons. The zero-order valence-corrected chi connectivity index (χ0v) is 12.1. The first-order valence-corrected chi connectivity index (χ1v) is 7.03. The molecule has 1 atom stereocenters. The monoisotopic (exact) mass is 297 g/mol. The molecule has 0 N–H and O–H groups in total. The van der Waals surface area contributed by atoms with Gasteiger partial charge in [0.15, 0.2) is 11.8 Å². The van der Waals surface area contributed by atoms with E-state index in [-0.39, 0.29) is 11.6 Å². The summed E-state index contributed by atoms with van der Waals surface area (Å²) in [7, 11) is 0. The van der Waals surface area contributed by atoms with Crippen molar-refractivity contribution in [2.75, 3.05) is 11.4 Å². The Bertz CT molecular complexity index is 703. The normalized spacial score (nSPS) is 14.3. The SMILES string of the molecule is CC(OC(=O)c1cnccn1)C(=O)N1CCc2ccccc21. The molecule has 1 aliphatic rings. The summed E-state index contributed by atoms with van der Waals surface area (Å²) in [4.78, 5) is 33.7. The molecule has 0 fully saturated rings. The predicted molar refractivity (Wildman–Crippen MR) is 79.4 cm³/mol. The number of para-hydroxylation sites is 1. The van der Waals surface area contributed by atoms with Crippen LogP contribution in [0.5, 0.6) is 0 Å². The summed E-state index contributed by atoms with van der Waals surface area (Å²) in [5, 5.41) is 0. The van der Waals surface area contributed by atoms with Gasteiger partial charge >= 0.3 is 5.97 Å². The summed E-state index contributed by atoms with van der Waals surface area (Å²) in [6.07, 6.45) is 4.12. The maximum absolute atomic E-state index is 12.5. The van der Waals surface area contributed by atoms with Crippen LogP contribution in [0, 0.1) is 0 Å². The van der Waals surface area contributed by atoms with Crippen molar-refractivity contribution in [3.63, 3.8) is 0 Å². The van der Waals surface area contributed by atoms with Crippen LogP contribution in [0.3, 0.4) is 0 Å². The van der Waals surface area contributed by atoms with Crippen molar-refractivity contribution in [3.8, 4) is 0 Å². The van der Waals surface area contributed by atoms with E-state index >= 15 is 0 Å². The van der Waals surface area contributed by atoms with E-state index in [1.54, 1.807) is 11.8 Å². The van der Waals surface area contributed by atoms with Crippen LogP contribution < -0.4 is 4.90 Å². The van der Waals surface area contributed by atoms with Gasteiger partial charge in [-0.25, -0.2) is 9.78 Å². The van der Waals surface area contributed by atoms with E-state index in [4.69, 9.17) is 4.74 Å². The highest BCUT2D eigenvalue weighted by atomic mass is 16.5. The van der Waals surface area contributed by atoms with Gasteiger partial charge in [-0.15, -0.1) is 0 Å². The molecule has 1 aromatic heterocycles. The molecule has 1 unspecified atom stereocenters. The number of anilines is 1. The number of amides is 1. The molecule has 0 saturated carbocycles. The van der Waals surface area contributed by atoms with Gasteiger partial charge in [0, 0.05) is 24.6 Å². The smallest absolute Gasteiger partial charge is 0.359 e. The van der Waals surface area contributed by atoms with E-state index in [1.807, 2.05) is 24.3 Å². The van der Waals surface area contributed by atoms with E-state index in [1.165, 1.54) is 18.6 Å². The summed E-state index contributed by atoms with van der Waals surface area (Å²) in [6.45, 7) is 2.17. The molecule has 0 spiro atoms. The Morgan fingerprint density at radius 1 is 1.27 bits per heavy atom. The molecule has 1 aliphatic heterocycles. The Hall–Kier alpha value is -2.76. The van der Waals surface area contributed by atoms with Gasteiger partial charge in [0.05, 0.1) is 6.20 Å². The summed E-state index contributed by atoms with van der Waals surface area (Å²) in [6, 6.07) is 7.74. The highest BCUT2D eigenvalue weighted by Crippen LogP contribution is 2.28. The van der Waals surface area contributed by atoms with Crippen molar-refractivity contribution in [1.29, 1.82) is 0 Å². The number of nitrogens with zero attached hydrogens (tertiary/aromatic N) is 3. The zero-order valence-electron chi connectivity index (χ0n) is 12.1. The Kier molecular flexibility index (Phi) is 3.82. The van der Waals surface area contributed by atoms with Crippen molar-refractivity contribution in [1.82, 2.24) is 9.97 Å². The number of carbonyl (C=O) groups excluding carboxylic acids is 2. The second-order valence-electron chi connectivity index (χ2n) is 5.01. The van der Waals surface area contributed by atoms with Crippen molar-refractivity contribution in [3.05, 3.63) is 54.1 Å². The van der Waals surface area contributed by atoms with Crippen molar-refractivity contribution >= 4 is 17.6 Å². The number of hydrogen-bond donors (Lipinski definition) is 0. The summed E-state index contributed by atoms with van der Waals surface area (Å²) >= 11 is 0. The molecule has 112 valence electrons. The third kappa shape index (κ3) is 2.67. The topological polar surface area (TPSA) is 72.4 Å². The molecule has 1 amide bonds. The lowest BCUT2D eigenvalue weighted by molar-refractivity contribution is -0.126. The summed E-state index contributed by atoms with van der Waals surface area (Å²) < 4.78 is 5.19. The fourth-order valence-electron chi connectivity index (χ4n) is 2.46. The molecular formula is C16H15N3O3. The van der Waals surface area contributed by atoms with Gasteiger partial charge in [-0.1, -0.05) is 18.2 Å². The van der Waals surface area contributed by atoms with Crippen LogP contribution in [0.25, 0.3) is 0 Å². The largest absolute Gasteiger partial charge is 0.448 e. The molecule has 2 heterocycles. The molecule has 22 heavy (non-hydrogen) atoms. The lowest BCUT2D eigenvalue weighted by Crippen LogP contribution is -2.39. The molecule has 3 rings (SSSR count). The Labute approximate surface area is 127 Å². The van der Waals surface area contributed by atoms with Crippen molar-refractivity contribution < 1.29 is 14.3 Å². The maximum atomic E-state index is 12.5. The van der Waals surface area contributed by atoms with Gasteiger partial charge in [0.1, 0.15) is 0 Å². The standard InChI is InChI=1S/C16H15N3O3/c1-11(22-16(21)13-10-17-7-8-18-13)15(20)19-9-6-12-4-2-3-5-14(12)19/h2-5,7-8,10-11H,6,9H2,1H3. The number of fused-ring (bicyclic) bond motifs is 1. The molecule has 0 aliphatic carbocycles. The number of esters is 1. The highest BCUT2D eigenvalue weighted by Gasteiger charge is 2.30. The Morgan fingerprint density at radius 3 is 2.86 bits per heavy atom. The van der Waals surface area contributed by atoms with Gasteiger partial charge in [-0.05, 0) is 25.0 Å². The number of aromatic nitrogens is 2. The maximum Gasteiger partial charge on any atom is 0.359 e. The Morgan fingerprint density at radius 2 is 2.09 bits per heavy atom. The summed E-state index contributed by atoms with van der Waals surface area (Å²) in [5.41, 5.74) is 2.10. The van der Waals surface area contributed by atoms with E-state index in [9.17, 15) is 9.59 Å². The van der Waals surface area contributed by atoms with Crippen LogP contribution in [-0.4, -0.2) is 34.5 Å². The second kappa shape index (κ2) is 5.93. The van der Waals surface area contributed by atoms with Crippen LogP contribution in [-0.2, 0) is 16.0 Å². The highest BCUT2D eigenvalue weighted by molar-refractivity contribution is 6.00. The van der Waals surface area contributed by atoms with Crippen LogP contribution in [0.2, 0.25) is 0 Å². The fraction of sp³-hybridized carbons (Fsp3) is 0.250. The van der Waals surface area contributed by atoms with Gasteiger partial charge in [-0.3, -0.25) is 9.78 Å². The van der Waals surface area contributed by atoms with Crippen molar-refractivity contribution in [2.45, 2.75) is 19.4 Å². The van der Waals surface area contributed by atoms with Crippen LogP contribution in [0.4, 0.5) is 5.69 Å². The lowest BCUT2D eigenvalue weighted by Gasteiger charge is -2.21. The first-order valence-electron chi connectivity index (χ1n) is 7.03. The van der Waals surface area contributed by atoms with Gasteiger partial charge in [0.25, 0.3) is 5.91 Å². The van der Waals surface area contributed by atoms with E-state index in [0.29, 0.717) is 6.54 Å². The van der Waals surface area contributed by atoms with Crippen LogP contribution in [0.1, 0.15) is 23.0 Å². The minimum Gasteiger partial charge on any atom is -0.448 e.